The number of rotatable bonds is 25. The van der Waals surface area contributed by atoms with Gasteiger partial charge >= 0.3 is 0 Å². The first-order valence-electron chi connectivity index (χ1n) is 11.5. The molecule has 4 radical (unpaired) electrons. The second-order valence-electron chi connectivity index (χ2n) is 6.05. The molecule has 0 rings (SSSR count). The highest BCUT2D eigenvalue weighted by molar-refractivity contribution is 9.26. The van der Waals surface area contributed by atoms with Gasteiger partial charge in [0.2, 0.25) is 0 Å². The van der Waals surface area contributed by atoms with Crippen molar-refractivity contribution in [1.82, 2.24) is 0 Å². The molecule has 0 saturated carbocycles. The Labute approximate surface area is 216 Å². The molecule has 0 aromatic heterocycles. The summed E-state index contributed by atoms with van der Waals surface area (Å²) in [5.74, 6) is 2.24. The molecule has 0 unspecified atom stereocenters. The Morgan fingerprint density at radius 3 is 1.03 bits per heavy atom. The first-order chi connectivity index (χ1) is 15.6. The van der Waals surface area contributed by atoms with Gasteiger partial charge in [-0.15, -0.1) is 0 Å². The molecule has 0 N–H and O–H groups in total. The van der Waals surface area contributed by atoms with E-state index in [9.17, 15) is 0 Å². The van der Waals surface area contributed by atoms with Crippen LogP contribution in [0.1, 0.15) is 54.4 Å². The summed E-state index contributed by atoms with van der Waals surface area (Å²) in [5.41, 5.74) is -1.68. The van der Waals surface area contributed by atoms with Crippen molar-refractivity contribution in [1.29, 1.82) is 0 Å². The number of ether oxygens (including phenoxy) is 6. The molecule has 0 aliphatic rings. The second-order valence-corrected chi connectivity index (χ2v) is 15.2. The van der Waals surface area contributed by atoms with Crippen molar-refractivity contribution >= 4 is 60.3 Å². The van der Waals surface area contributed by atoms with Crippen LogP contribution in [0.3, 0.4) is 0 Å². The molecule has 0 fully saturated rings. The Morgan fingerprint density at radius 1 is 0.500 bits per heavy atom. The molecule has 0 aromatic rings. The van der Waals surface area contributed by atoms with Crippen LogP contribution in [0.5, 0.6) is 0 Å². The maximum atomic E-state index is 5.79. The zero-order chi connectivity index (χ0) is 24.0. The van der Waals surface area contributed by atoms with Gasteiger partial charge in [0.25, 0.3) is 11.2 Å². The maximum Gasteiger partial charge on any atom is 0.251 e. The number of hydrogen-bond donors (Lipinski definition) is 0. The molecule has 0 atom stereocenters. The van der Waals surface area contributed by atoms with Crippen molar-refractivity contribution in [2.24, 2.45) is 0 Å². The minimum absolute atomic E-state index is 0.489. The van der Waals surface area contributed by atoms with Crippen LogP contribution in [0.2, 0.25) is 12.1 Å². The molecule has 6 nitrogen and oxygen atoms in total. The highest BCUT2D eigenvalue weighted by Gasteiger charge is 2.33. The summed E-state index contributed by atoms with van der Waals surface area (Å²) in [6.07, 6.45) is 2.26. The third-order valence-corrected chi connectivity index (χ3v) is 13.2. The Hall–Kier alpha value is 1.59. The lowest BCUT2D eigenvalue weighted by molar-refractivity contribution is -0.323. The lowest BCUT2D eigenvalue weighted by Gasteiger charge is -2.32. The Morgan fingerprint density at radius 2 is 0.781 bits per heavy atom. The van der Waals surface area contributed by atoms with Crippen LogP contribution in [-0.4, -0.2) is 81.4 Å². The molecule has 0 aliphatic heterocycles. The van der Waals surface area contributed by atoms with E-state index < -0.39 is 11.2 Å². The summed E-state index contributed by atoms with van der Waals surface area (Å²) in [7, 11) is 8.53. The molecular weight excluding hydrogens is 521 g/mol. The fourth-order valence-electron chi connectivity index (χ4n) is 2.55. The first kappa shape index (κ1) is 33.6. The van der Waals surface area contributed by atoms with Gasteiger partial charge in [-0.25, -0.2) is 0 Å². The third kappa shape index (κ3) is 16.3. The van der Waals surface area contributed by atoms with E-state index in [1.807, 2.05) is 82.8 Å². The minimum atomic E-state index is -0.842. The molecule has 32 heavy (non-hydrogen) atoms. The van der Waals surface area contributed by atoms with Crippen molar-refractivity contribution < 1.29 is 28.4 Å². The average Bonchev–Trinajstić information content (AvgIpc) is 2.76. The molecule has 0 aromatic carbocycles. The fourth-order valence-corrected chi connectivity index (χ4v) is 12.0. The van der Waals surface area contributed by atoms with Crippen LogP contribution in [0.25, 0.3) is 0 Å². The lowest BCUT2D eigenvalue weighted by atomic mass is 10.6. The van der Waals surface area contributed by atoms with Crippen LogP contribution in [-0.2, 0) is 28.4 Å². The summed E-state index contributed by atoms with van der Waals surface area (Å²) in [6, 6.07) is 2.10. The summed E-state index contributed by atoms with van der Waals surface area (Å²) in [6.45, 7) is 15.4. The average molecular weight is 563 g/mol. The van der Waals surface area contributed by atoms with Gasteiger partial charge in [-0.1, -0.05) is 33.7 Å². The Bertz CT molecular complexity index is 346. The van der Waals surface area contributed by atoms with E-state index in [0.29, 0.717) is 58.7 Å². The molecule has 0 spiro atoms. The normalized spacial score (nSPS) is 12.6. The van der Waals surface area contributed by atoms with E-state index in [1.165, 1.54) is 0 Å². The van der Waals surface area contributed by atoms with Gasteiger partial charge in [0.1, 0.15) is 0 Å². The summed E-state index contributed by atoms with van der Waals surface area (Å²) in [4.78, 5) is 0. The second kappa shape index (κ2) is 23.0. The molecule has 0 amide bonds. The fraction of sp³-hybridized carbons (Fsp3) is 1.00. The molecule has 0 bridgehead atoms. The number of hydrogen-bond acceptors (Lipinski definition) is 10. The lowest BCUT2D eigenvalue weighted by Crippen LogP contribution is -2.45. The van der Waals surface area contributed by atoms with Crippen molar-refractivity contribution in [2.45, 2.75) is 77.7 Å². The molecule has 12 heteroatoms. The highest BCUT2D eigenvalue weighted by Crippen LogP contribution is 2.43. The third-order valence-electron chi connectivity index (χ3n) is 3.62. The Balaban J connectivity index is 3.85. The van der Waals surface area contributed by atoms with Crippen LogP contribution in [0, 0.1) is 0 Å². The molecule has 0 heterocycles. The van der Waals surface area contributed by atoms with Gasteiger partial charge in [0.05, 0.1) is 0 Å². The van der Waals surface area contributed by atoms with Gasteiger partial charge in [-0.3, -0.25) is 0 Å². The van der Waals surface area contributed by atoms with Gasteiger partial charge in [-0.05, 0) is 74.0 Å². The van der Waals surface area contributed by atoms with Crippen LogP contribution < -0.4 is 0 Å². The summed E-state index contributed by atoms with van der Waals surface area (Å²) in [5, 5.41) is 0. The van der Waals surface area contributed by atoms with E-state index in [1.54, 1.807) is 0 Å². The summed E-state index contributed by atoms with van der Waals surface area (Å²) >= 11 is 0. The van der Waals surface area contributed by atoms with Crippen LogP contribution >= 0.6 is 41.2 Å². The topological polar surface area (TPSA) is 55.4 Å². The maximum absolute atomic E-state index is 5.79. The van der Waals surface area contributed by atoms with E-state index >= 15 is 0 Å². The van der Waals surface area contributed by atoms with Crippen molar-refractivity contribution in [2.75, 3.05) is 51.1 Å². The Kier molecular flexibility index (Phi) is 24.2. The summed E-state index contributed by atoms with van der Waals surface area (Å²) < 4.78 is 34.7. The minimum Gasteiger partial charge on any atom is -0.332 e. The first-order valence-corrected chi connectivity index (χ1v) is 19.1. The quantitative estimate of drug-likeness (QED) is 0.0562. The predicted octanol–water partition coefficient (Wildman–Crippen LogP) is 6.13. The molecule has 0 aliphatic carbocycles. The molecular formula is C20H42O6S4Si2. The van der Waals surface area contributed by atoms with E-state index in [-0.39, 0.29) is 0 Å². The zero-order valence-corrected chi connectivity index (χ0v) is 25.8. The SMILES string of the molecule is CCOC(OCC)(OCC)[Si]CCCSSSSCCC[Si]C(OCC)(OCC)OCC. The van der Waals surface area contributed by atoms with E-state index in [2.05, 4.69) is 0 Å². The van der Waals surface area contributed by atoms with Crippen LogP contribution in [0.4, 0.5) is 0 Å². The predicted molar refractivity (Wildman–Crippen MR) is 146 cm³/mol. The van der Waals surface area contributed by atoms with Crippen molar-refractivity contribution in [3.63, 3.8) is 0 Å². The zero-order valence-electron chi connectivity index (χ0n) is 20.6. The smallest absolute Gasteiger partial charge is 0.251 e. The van der Waals surface area contributed by atoms with E-state index in [0.717, 1.165) is 36.4 Å². The van der Waals surface area contributed by atoms with Gasteiger partial charge < -0.3 is 28.4 Å². The van der Waals surface area contributed by atoms with Crippen molar-refractivity contribution in [3.8, 4) is 0 Å². The van der Waals surface area contributed by atoms with E-state index in [4.69, 9.17) is 28.4 Å². The van der Waals surface area contributed by atoms with Crippen LogP contribution in [0.15, 0.2) is 0 Å². The highest BCUT2D eigenvalue weighted by atomic mass is 33.7. The van der Waals surface area contributed by atoms with Gasteiger partial charge in [0, 0.05) is 51.1 Å². The van der Waals surface area contributed by atoms with Gasteiger partial charge in [0.15, 0.2) is 19.0 Å². The van der Waals surface area contributed by atoms with Crippen molar-refractivity contribution in [3.05, 3.63) is 0 Å². The largest absolute Gasteiger partial charge is 0.332 e. The monoisotopic (exact) mass is 562 g/mol. The molecule has 190 valence electrons. The van der Waals surface area contributed by atoms with Gasteiger partial charge in [-0.2, -0.15) is 0 Å². The standard InChI is InChI=1S/C20H42O6S4Si2/c1-7-21-19(22-8-2,23-9-3)31-17-13-15-27-29-30-28-16-14-18-32-20(24-10-4,25-11-5)26-12-6/h7-18H2,1-6H3. The molecule has 0 saturated heterocycles.